The molecule has 1 fully saturated rings. The van der Waals surface area contributed by atoms with Crippen LogP contribution in [-0.4, -0.2) is 32.5 Å². The molecule has 9 heteroatoms. The van der Waals surface area contributed by atoms with Gasteiger partial charge in [0.05, 0.1) is 11.1 Å². The van der Waals surface area contributed by atoms with E-state index in [1.165, 1.54) is 0 Å². The van der Waals surface area contributed by atoms with Gasteiger partial charge in [-0.2, -0.15) is 0 Å². The number of nitrogens with one attached hydrogen (secondary N) is 1. The van der Waals surface area contributed by atoms with Crippen molar-refractivity contribution in [2.75, 3.05) is 0 Å². The Kier molecular flexibility index (Phi) is 4.54. The van der Waals surface area contributed by atoms with E-state index in [-0.39, 0.29) is 5.69 Å². The normalized spacial score (nSPS) is 15.1. The maximum absolute atomic E-state index is 11.9. The number of nitrogens with zero attached hydrogens (tertiary/aromatic N) is 2. The molecule has 1 unspecified atom stereocenters. The lowest BCUT2D eigenvalue weighted by Gasteiger charge is -2.14. The van der Waals surface area contributed by atoms with Crippen molar-refractivity contribution in [1.82, 2.24) is 9.88 Å². The fourth-order valence-electron chi connectivity index (χ4n) is 2.05. The Balaban J connectivity index is 2.04. The van der Waals surface area contributed by atoms with Gasteiger partial charge in [0.2, 0.25) is 5.91 Å². The van der Waals surface area contributed by atoms with Gasteiger partial charge in [-0.25, -0.2) is 4.79 Å². The van der Waals surface area contributed by atoms with E-state index in [0.29, 0.717) is 12.3 Å². The molecule has 9 nitrogen and oxygen atoms in total. The van der Waals surface area contributed by atoms with Crippen LogP contribution in [0.25, 0.3) is 0 Å². The lowest BCUT2D eigenvalue weighted by molar-refractivity contribution is -0.385. The lowest BCUT2D eigenvalue weighted by atomic mass is 10.1. The van der Waals surface area contributed by atoms with E-state index >= 15 is 0 Å². The summed E-state index contributed by atoms with van der Waals surface area (Å²) in [4.78, 5) is 44.5. The van der Waals surface area contributed by atoms with Crippen LogP contribution < -0.4 is 10.9 Å². The van der Waals surface area contributed by atoms with Gasteiger partial charge >= 0.3 is 5.97 Å². The Labute approximate surface area is 124 Å². The molecule has 0 spiro atoms. The highest BCUT2D eigenvalue weighted by Crippen LogP contribution is 2.33. The highest BCUT2D eigenvalue weighted by molar-refractivity contribution is 5.83. The summed E-state index contributed by atoms with van der Waals surface area (Å²) >= 11 is 0. The number of aliphatic carboxylic acids is 1. The molecule has 22 heavy (non-hydrogen) atoms. The molecular weight excluding hydrogens is 294 g/mol. The zero-order valence-corrected chi connectivity index (χ0v) is 11.6. The van der Waals surface area contributed by atoms with Crippen LogP contribution in [0.1, 0.15) is 19.3 Å². The molecule has 0 radical (unpaired) electrons. The number of nitro groups is 1. The standard InChI is InChI=1S/C13H15N3O6/c17-11(14-10(13(19)20)5-8-1-2-8)7-15-6-9(16(21)22)3-4-12(15)18/h3-4,6,8,10H,1-2,5,7H2,(H,14,17)(H,19,20). The van der Waals surface area contributed by atoms with Crippen molar-refractivity contribution in [2.24, 2.45) is 5.92 Å². The van der Waals surface area contributed by atoms with Crippen LogP contribution in [0.3, 0.4) is 0 Å². The number of aromatic nitrogens is 1. The zero-order valence-electron chi connectivity index (χ0n) is 11.6. The summed E-state index contributed by atoms with van der Waals surface area (Å²) in [6, 6.07) is 1.03. The summed E-state index contributed by atoms with van der Waals surface area (Å²) in [5.74, 6) is -1.50. The van der Waals surface area contributed by atoms with Gasteiger partial charge in [0, 0.05) is 12.1 Å². The first-order valence-electron chi connectivity index (χ1n) is 6.74. The average Bonchev–Trinajstić information content (AvgIpc) is 3.24. The average molecular weight is 309 g/mol. The van der Waals surface area contributed by atoms with Gasteiger partial charge in [0.1, 0.15) is 12.6 Å². The molecule has 0 saturated heterocycles. The highest BCUT2D eigenvalue weighted by Gasteiger charge is 2.30. The molecule has 1 aromatic heterocycles. The number of rotatable bonds is 7. The van der Waals surface area contributed by atoms with Gasteiger partial charge in [-0.15, -0.1) is 0 Å². The summed E-state index contributed by atoms with van der Waals surface area (Å²) in [5, 5.41) is 22.1. The number of amides is 1. The second-order valence-corrected chi connectivity index (χ2v) is 5.25. The maximum Gasteiger partial charge on any atom is 0.326 e. The summed E-state index contributed by atoms with van der Waals surface area (Å²) in [6.45, 7) is -0.463. The first kappa shape index (κ1) is 15.7. The van der Waals surface area contributed by atoms with Crippen molar-refractivity contribution in [2.45, 2.75) is 31.8 Å². The minimum absolute atomic E-state index is 0.307. The SMILES string of the molecule is O=C(Cn1cc([N+](=O)[O-])ccc1=O)NC(CC1CC1)C(=O)O. The van der Waals surface area contributed by atoms with Crippen molar-refractivity contribution >= 4 is 17.6 Å². The van der Waals surface area contributed by atoms with Crippen LogP contribution >= 0.6 is 0 Å². The predicted molar refractivity (Wildman–Crippen MR) is 74.3 cm³/mol. The topological polar surface area (TPSA) is 132 Å². The third-order valence-electron chi connectivity index (χ3n) is 3.39. The number of pyridine rings is 1. The number of carbonyl (C=O) groups is 2. The second-order valence-electron chi connectivity index (χ2n) is 5.25. The summed E-state index contributed by atoms with van der Waals surface area (Å²) in [5.41, 5.74) is -0.894. The fraction of sp³-hybridized carbons (Fsp3) is 0.462. The number of carbonyl (C=O) groups excluding carboxylic acids is 1. The van der Waals surface area contributed by atoms with E-state index in [0.717, 1.165) is 35.7 Å². The summed E-state index contributed by atoms with van der Waals surface area (Å²) in [7, 11) is 0. The van der Waals surface area contributed by atoms with Crippen LogP contribution in [0, 0.1) is 16.0 Å². The van der Waals surface area contributed by atoms with Gasteiger partial charge < -0.3 is 10.4 Å². The minimum atomic E-state index is -1.13. The Bertz CT molecular complexity index is 664. The Morgan fingerprint density at radius 1 is 1.45 bits per heavy atom. The molecule has 1 aliphatic rings. The lowest BCUT2D eigenvalue weighted by Crippen LogP contribution is -2.43. The van der Waals surface area contributed by atoms with Crippen molar-refractivity contribution in [3.63, 3.8) is 0 Å². The van der Waals surface area contributed by atoms with Gasteiger partial charge in [-0.05, 0) is 12.3 Å². The van der Waals surface area contributed by atoms with Crippen LogP contribution in [0.5, 0.6) is 0 Å². The molecule has 1 aromatic rings. The summed E-state index contributed by atoms with van der Waals surface area (Å²) in [6.07, 6.45) is 3.21. The number of hydrogen-bond donors (Lipinski definition) is 2. The third-order valence-corrected chi connectivity index (χ3v) is 3.39. The predicted octanol–water partition coefficient (Wildman–Crippen LogP) is 0.126. The van der Waals surface area contributed by atoms with Crippen molar-refractivity contribution in [1.29, 1.82) is 0 Å². The van der Waals surface area contributed by atoms with E-state index in [1.54, 1.807) is 0 Å². The molecule has 1 aliphatic carbocycles. The number of carboxylic acid groups (broad SMARTS) is 1. The molecule has 1 atom stereocenters. The molecule has 2 N–H and O–H groups in total. The minimum Gasteiger partial charge on any atom is -0.480 e. The van der Waals surface area contributed by atoms with Gasteiger partial charge in [0.15, 0.2) is 0 Å². The monoisotopic (exact) mass is 309 g/mol. The zero-order chi connectivity index (χ0) is 16.3. The molecule has 0 aromatic carbocycles. The van der Waals surface area contributed by atoms with Gasteiger partial charge in [0.25, 0.3) is 11.2 Å². The highest BCUT2D eigenvalue weighted by atomic mass is 16.6. The maximum atomic E-state index is 11.9. The molecule has 1 heterocycles. The van der Waals surface area contributed by atoms with Crippen molar-refractivity contribution < 1.29 is 19.6 Å². The van der Waals surface area contributed by atoms with E-state index in [2.05, 4.69) is 5.32 Å². The van der Waals surface area contributed by atoms with E-state index < -0.39 is 34.9 Å². The fourth-order valence-corrected chi connectivity index (χ4v) is 2.05. The Morgan fingerprint density at radius 3 is 2.68 bits per heavy atom. The Hall–Kier alpha value is -2.71. The van der Waals surface area contributed by atoms with E-state index in [4.69, 9.17) is 5.11 Å². The molecule has 1 amide bonds. The summed E-state index contributed by atoms with van der Waals surface area (Å²) < 4.78 is 0.878. The largest absolute Gasteiger partial charge is 0.480 e. The van der Waals surface area contributed by atoms with Crippen molar-refractivity contribution in [3.05, 3.63) is 38.8 Å². The molecule has 0 aliphatic heterocycles. The van der Waals surface area contributed by atoms with Crippen LogP contribution in [0.15, 0.2) is 23.1 Å². The van der Waals surface area contributed by atoms with Gasteiger partial charge in [-0.1, -0.05) is 12.8 Å². The number of carboxylic acids is 1. The third kappa shape index (κ3) is 4.14. The first-order valence-corrected chi connectivity index (χ1v) is 6.74. The quantitative estimate of drug-likeness (QED) is 0.543. The molecule has 1 saturated carbocycles. The molecule has 0 bridgehead atoms. The number of hydrogen-bond acceptors (Lipinski definition) is 5. The van der Waals surface area contributed by atoms with Crippen LogP contribution in [-0.2, 0) is 16.1 Å². The van der Waals surface area contributed by atoms with E-state index in [1.807, 2.05) is 0 Å². The van der Waals surface area contributed by atoms with Crippen LogP contribution in [0.4, 0.5) is 5.69 Å². The molecular formula is C13H15N3O6. The molecule has 118 valence electrons. The Morgan fingerprint density at radius 2 is 2.14 bits per heavy atom. The van der Waals surface area contributed by atoms with E-state index in [9.17, 15) is 24.5 Å². The van der Waals surface area contributed by atoms with Crippen LogP contribution in [0.2, 0.25) is 0 Å². The van der Waals surface area contributed by atoms with Gasteiger partial charge in [-0.3, -0.25) is 24.3 Å². The smallest absolute Gasteiger partial charge is 0.326 e. The van der Waals surface area contributed by atoms with Crippen molar-refractivity contribution in [3.8, 4) is 0 Å². The first-order chi connectivity index (χ1) is 10.4. The molecule has 2 rings (SSSR count). The second kappa shape index (κ2) is 6.37.